The number of ketones is 6. The minimum absolute atomic E-state index is 0.0375. The Hall–Kier alpha value is -3.74. The summed E-state index contributed by atoms with van der Waals surface area (Å²) in [7, 11) is 0. The monoisotopic (exact) mass is 472 g/mol. The van der Waals surface area contributed by atoms with Gasteiger partial charge in [-0.25, -0.2) is 0 Å². The number of aromatic hydroxyl groups is 1. The number of fused-ring (bicyclic) bond motifs is 3. The van der Waals surface area contributed by atoms with E-state index >= 15 is 0 Å². The zero-order valence-electron chi connectivity index (χ0n) is 19.4. The van der Waals surface area contributed by atoms with Crippen LogP contribution < -0.4 is 0 Å². The van der Waals surface area contributed by atoms with Crippen molar-refractivity contribution >= 4 is 34.7 Å². The largest absolute Gasteiger partial charge is 0.507 e. The van der Waals surface area contributed by atoms with Crippen molar-refractivity contribution in [3.8, 4) is 16.9 Å². The fraction of sp³-hybridized carbons (Fsp3) is 0.357. The number of carbonyl (C=O) groups excluding carboxylic acids is 6. The third kappa shape index (κ3) is 3.49. The van der Waals surface area contributed by atoms with Gasteiger partial charge in [0.15, 0.2) is 28.9 Å². The molecule has 2 aromatic carbocycles. The quantitative estimate of drug-likeness (QED) is 0.538. The van der Waals surface area contributed by atoms with Crippen LogP contribution in [0.2, 0.25) is 0 Å². The Kier molecular flexibility index (Phi) is 5.38. The molecule has 7 heteroatoms. The summed E-state index contributed by atoms with van der Waals surface area (Å²) in [4.78, 5) is 76.4. The highest BCUT2D eigenvalue weighted by Gasteiger charge is 2.57. The summed E-state index contributed by atoms with van der Waals surface area (Å²) in [6, 6.07) is 10.1. The summed E-state index contributed by atoms with van der Waals surface area (Å²) in [6.45, 7) is 2.63. The molecule has 3 aliphatic carbocycles. The van der Waals surface area contributed by atoms with E-state index in [4.69, 9.17) is 0 Å². The van der Waals surface area contributed by atoms with Crippen molar-refractivity contribution in [3.63, 3.8) is 0 Å². The second kappa shape index (κ2) is 8.18. The summed E-state index contributed by atoms with van der Waals surface area (Å²) in [5.41, 5.74) is 2.58. The summed E-state index contributed by atoms with van der Waals surface area (Å²) in [6.07, 6.45) is 0.606. The number of hydrogen-bond donors (Lipinski definition) is 1. The molecule has 0 saturated heterocycles. The Morgan fingerprint density at radius 2 is 1.60 bits per heavy atom. The fourth-order valence-electron chi connectivity index (χ4n) is 6.30. The second-order valence-electron chi connectivity index (χ2n) is 9.92. The SMILES string of the molecule is CC(=O)c1cccc(-c2ccc(O)c3c2CC2CC4CC(=O)C(C(C)=O)C(=O)C4C(=O)C2C3=O)c1. The first-order chi connectivity index (χ1) is 16.6. The molecule has 5 rings (SSSR count). The number of benzene rings is 2. The second-order valence-corrected chi connectivity index (χ2v) is 9.92. The average molecular weight is 472 g/mol. The molecule has 2 fully saturated rings. The van der Waals surface area contributed by atoms with Crippen LogP contribution in [0.15, 0.2) is 36.4 Å². The van der Waals surface area contributed by atoms with Crippen molar-refractivity contribution in [2.75, 3.05) is 0 Å². The van der Waals surface area contributed by atoms with Crippen molar-refractivity contribution in [2.24, 2.45) is 29.6 Å². The Morgan fingerprint density at radius 1 is 0.886 bits per heavy atom. The summed E-state index contributed by atoms with van der Waals surface area (Å²) < 4.78 is 0. The van der Waals surface area contributed by atoms with Gasteiger partial charge in [-0.2, -0.15) is 0 Å². The number of carbonyl (C=O) groups is 6. The maximum atomic E-state index is 13.6. The summed E-state index contributed by atoms with van der Waals surface area (Å²) in [5.74, 6) is -7.79. The highest BCUT2D eigenvalue weighted by atomic mass is 16.3. The lowest BCUT2D eigenvalue weighted by Gasteiger charge is -2.44. The predicted molar refractivity (Wildman–Crippen MR) is 124 cm³/mol. The van der Waals surface area contributed by atoms with Crippen molar-refractivity contribution in [1.29, 1.82) is 0 Å². The van der Waals surface area contributed by atoms with E-state index in [-0.39, 0.29) is 23.5 Å². The molecule has 2 aromatic rings. The molecule has 0 bridgehead atoms. The Bertz CT molecular complexity index is 1350. The van der Waals surface area contributed by atoms with Crippen LogP contribution in [-0.4, -0.2) is 39.8 Å². The molecule has 0 aromatic heterocycles. The molecule has 2 saturated carbocycles. The van der Waals surface area contributed by atoms with Crippen LogP contribution in [0.1, 0.15) is 53.0 Å². The number of hydrogen-bond acceptors (Lipinski definition) is 7. The van der Waals surface area contributed by atoms with Crippen LogP contribution >= 0.6 is 0 Å². The van der Waals surface area contributed by atoms with Crippen molar-refractivity contribution in [2.45, 2.75) is 33.1 Å². The average Bonchev–Trinajstić information content (AvgIpc) is 2.78. The molecular formula is C28H24O7. The lowest BCUT2D eigenvalue weighted by molar-refractivity contribution is -0.152. The predicted octanol–water partition coefficient (Wildman–Crippen LogP) is 3.19. The highest BCUT2D eigenvalue weighted by Crippen LogP contribution is 2.49. The van der Waals surface area contributed by atoms with Gasteiger partial charge in [-0.3, -0.25) is 28.8 Å². The fourth-order valence-corrected chi connectivity index (χ4v) is 6.30. The standard InChI is InChI=1S/C28H24O7/c1-12(29)14-4-3-5-15(8-14)18-6-7-20(31)25-19(18)10-16-9-17-11-21(32)22(13(2)30)26(33)24(17)27(34)23(16)28(25)35/h3-8,16-17,22-24,31H,9-11H2,1-2H3. The molecule has 178 valence electrons. The molecule has 5 atom stereocenters. The van der Waals surface area contributed by atoms with Crippen LogP contribution in [0.25, 0.3) is 11.1 Å². The molecule has 0 aliphatic heterocycles. The number of rotatable bonds is 3. The van der Waals surface area contributed by atoms with Crippen molar-refractivity contribution in [3.05, 3.63) is 53.1 Å². The van der Waals surface area contributed by atoms with E-state index in [0.29, 0.717) is 35.1 Å². The molecule has 5 unspecified atom stereocenters. The van der Waals surface area contributed by atoms with Gasteiger partial charge in [0.2, 0.25) is 0 Å². The van der Waals surface area contributed by atoms with Crippen LogP contribution in [0.5, 0.6) is 5.75 Å². The van der Waals surface area contributed by atoms with E-state index in [1.54, 1.807) is 24.3 Å². The lowest BCUT2D eigenvalue weighted by atomic mass is 9.55. The maximum Gasteiger partial charge on any atom is 0.177 e. The third-order valence-corrected chi connectivity index (χ3v) is 7.81. The van der Waals surface area contributed by atoms with E-state index < -0.39 is 58.5 Å². The van der Waals surface area contributed by atoms with E-state index in [2.05, 4.69) is 0 Å². The van der Waals surface area contributed by atoms with E-state index in [0.717, 1.165) is 0 Å². The van der Waals surface area contributed by atoms with E-state index in [9.17, 15) is 33.9 Å². The normalized spacial score (nSPS) is 27.7. The zero-order valence-corrected chi connectivity index (χ0v) is 19.4. The number of phenols is 1. The molecular weight excluding hydrogens is 448 g/mol. The zero-order chi connectivity index (χ0) is 25.2. The minimum atomic E-state index is -1.43. The minimum Gasteiger partial charge on any atom is -0.507 e. The van der Waals surface area contributed by atoms with Gasteiger partial charge in [0.1, 0.15) is 17.5 Å². The number of Topliss-reactive ketones (excluding diaryl/α,β-unsaturated/α-hetero) is 6. The van der Waals surface area contributed by atoms with Gasteiger partial charge in [-0.05, 0) is 67.3 Å². The summed E-state index contributed by atoms with van der Waals surface area (Å²) in [5, 5.41) is 10.6. The maximum absolute atomic E-state index is 13.6. The van der Waals surface area contributed by atoms with Crippen molar-refractivity contribution < 1.29 is 33.9 Å². The summed E-state index contributed by atoms with van der Waals surface area (Å²) >= 11 is 0. The molecule has 3 aliphatic rings. The first kappa shape index (κ1) is 23.0. The lowest BCUT2D eigenvalue weighted by Crippen LogP contribution is -2.55. The van der Waals surface area contributed by atoms with Gasteiger partial charge < -0.3 is 5.11 Å². The third-order valence-electron chi connectivity index (χ3n) is 7.81. The first-order valence-electron chi connectivity index (χ1n) is 11.7. The van der Waals surface area contributed by atoms with Gasteiger partial charge in [-0.1, -0.05) is 24.3 Å². The molecule has 7 nitrogen and oxygen atoms in total. The van der Waals surface area contributed by atoms with Gasteiger partial charge in [-0.15, -0.1) is 0 Å². The van der Waals surface area contributed by atoms with Crippen LogP contribution in [-0.2, 0) is 25.6 Å². The molecule has 0 amide bonds. The Labute approximate surface area is 201 Å². The van der Waals surface area contributed by atoms with Crippen LogP contribution in [0.3, 0.4) is 0 Å². The van der Waals surface area contributed by atoms with Crippen LogP contribution in [0, 0.1) is 29.6 Å². The van der Waals surface area contributed by atoms with Crippen LogP contribution in [0.4, 0.5) is 0 Å². The van der Waals surface area contributed by atoms with E-state index in [1.165, 1.54) is 19.9 Å². The molecule has 0 radical (unpaired) electrons. The van der Waals surface area contributed by atoms with Gasteiger partial charge in [0.05, 0.1) is 17.4 Å². The van der Waals surface area contributed by atoms with E-state index in [1.807, 2.05) is 6.07 Å². The van der Waals surface area contributed by atoms with Gasteiger partial charge in [0.25, 0.3) is 0 Å². The molecule has 1 N–H and O–H groups in total. The topological polar surface area (TPSA) is 123 Å². The van der Waals surface area contributed by atoms with Gasteiger partial charge in [0, 0.05) is 12.0 Å². The number of phenolic OH excluding ortho intramolecular Hbond substituents is 1. The molecule has 0 spiro atoms. The molecule has 35 heavy (non-hydrogen) atoms. The van der Waals surface area contributed by atoms with Gasteiger partial charge >= 0.3 is 0 Å². The molecule has 0 heterocycles. The Morgan fingerprint density at radius 3 is 2.29 bits per heavy atom. The van der Waals surface area contributed by atoms with Crippen molar-refractivity contribution in [1.82, 2.24) is 0 Å². The first-order valence-corrected chi connectivity index (χ1v) is 11.7. The smallest absolute Gasteiger partial charge is 0.177 e. The highest BCUT2D eigenvalue weighted by molar-refractivity contribution is 6.28. The Balaban J connectivity index is 1.59.